The fourth-order valence-corrected chi connectivity index (χ4v) is 4.41. The van der Waals surface area contributed by atoms with Crippen molar-refractivity contribution in [3.63, 3.8) is 0 Å². The number of nitrogens with zero attached hydrogens (tertiary/aromatic N) is 2. The van der Waals surface area contributed by atoms with Crippen LogP contribution < -0.4 is 10.6 Å². The van der Waals surface area contributed by atoms with Crippen LogP contribution >= 0.6 is 0 Å². The largest absolute Gasteiger partial charge is 0.481 e. The van der Waals surface area contributed by atoms with Crippen molar-refractivity contribution in [2.24, 2.45) is 7.05 Å². The van der Waals surface area contributed by atoms with E-state index in [1.165, 1.54) is 4.68 Å². The predicted molar refractivity (Wildman–Crippen MR) is 129 cm³/mol. The van der Waals surface area contributed by atoms with E-state index < -0.39 is 24.0 Å². The number of carbonyl (C=O) groups excluding carboxylic acids is 2. The van der Waals surface area contributed by atoms with E-state index in [1.807, 2.05) is 36.4 Å². The number of ether oxygens (including phenoxy) is 1. The summed E-state index contributed by atoms with van der Waals surface area (Å²) in [4.78, 5) is 36.3. The van der Waals surface area contributed by atoms with E-state index >= 15 is 0 Å². The van der Waals surface area contributed by atoms with E-state index in [0.717, 1.165) is 22.3 Å². The van der Waals surface area contributed by atoms with Crippen LogP contribution in [0.2, 0.25) is 0 Å². The molecular weight excluding hydrogens is 448 g/mol. The Kier molecular flexibility index (Phi) is 7.45. The zero-order valence-electron chi connectivity index (χ0n) is 19.4. The molecule has 1 aromatic heterocycles. The SMILES string of the molecule is Cn1nccc1C(NC(=O)OCC1c2ccccc2-c2ccccc21)C(=O)NCCCCC(=O)O. The van der Waals surface area contributed by atoms with Crippen LogP contribution in [0.1, 0.15) is 48.0 Å². The monoisotopic (exact) mass is 476 g/mol. The molecule has 3 aromatic rings. The molecule has 182 valence electrons. The Labute approximate surface area is 203 Å². The minimum absolute atomic E-state index is 0.0407. The third-order valence-corrected chi connectivity index (χ3v) is 6.14. The lowest BCUT2D eigenvalue weighted by Gasteiger charge is -2.20. The number of alkyl carbamates (subject to hydrolysis) is 1. The number of unbranched alkanes of at least 4 members (excludes halogenated alkanes) is 1. The van der Waals surface area contributed by atoms with Gasteiger partial charge in [0.2, 0.25) is 5.91 Å². The van der Waals surface area contributed by atoms with Gasteiger partial charge in [-0.15, -0.1) is 0 Å². The van der Waals surface area contributed by atoms with Crippen molar-refractivity contribution in [2.75, 3.05) is 13.2 Å². The molecule has 0 aliphatic heterocycles. The normalized spacial score (nSPS) is 12.9. The van der Waals surface area contributed by atoms with Gasteiger partial charge in [0.15, 0.2) is 6.04 Å². The van der Waals surface area contributed by atoms with Gasteiger partial charge in [-0.2, -0.15) is 5.10 Å². The van der Waals surface area contributed by atoms with Gasteiger partial charge in [-0.1, -0.05) is 48.5 Å². The number of hydrogen-bond acceptors (Lipinski definition) is 5. The summed E-state index contributed by atoms with van der Waals surface area (Å²) in [5.74, 6) is -1.38. The molecule has 0 fully saturated rings. The second-order valence-electron chi connectivity index (χ2n) is 8.42. The van der Waals surface area contributed by atoms with Gasteiger partial charge >= 0.3 is 12.1 Å². The molecule has 2 amide bonds. The predicted octanol–water partition coefficient (Wildman–Crippen LogP) is 3.37. The molecule has 1 atom stereocenters. The van der Waals surface area contributed by atoms with Gasteiger partial charge in [-0.05, 0) is 41.2 Å². The summed E-state index contributed by atoms with van der Waals surface area (Å²) in [6.07, 6.45) is 1.84. The molecule has 0 spiro atoms. The first-order valence-corrected chi connectivity index (χ1v) is 11.5. The van der Waals surface area contributed by atoms with E-state index in [2.05, 4.69) is 27.9 Å². The maximum Gasteiger partial charge on any atom is 0.408 e. The molecule has 1 aliphatic rings. The fraction of sp³-hybridized carbons (Fsp3) is 0.308. The minimum Gasteiger partial charge on any atom is -0.481 e. The van der Waals surface area contributed by atoms with Crippen molar-refractivity contribution in [3.05, 3.63) is 77.6 Å². The lowest BCUT2D eigenvalue weighted by molar-refractivity contribution is -0.137. The van der Waals surface area contributed by atoms with E-state index in [1.54, 1.807) is 19.3 Å². The number of aliphatic carboxylic acids is 1. The fourth-order valence-electron chi connectivity index (χ4n) is 4.41. The molecule has 1 aliphatic carbocycles. The molecule has 9 heteroatoms. The Balaban J connectivity index is 1.40. The third kappa shape index (κ3) is 5.51. The molecule has 2 aromatic carbocycles. The van der Waals surface area contributed by atoms with Crippen LogP contribution in [-0.2, 0) is 21.4 Å². The quantitative estimate of drug-likeness (QED) is 0.386. The Morgan fingerprint density at radius 1 is 1.03 bits per heavy atom. The van der Waals surface area contributed by atoms with Crippen molar-refractivity contribution in [1.29, 1.82) is 0 Å². The minimum atomic E-state index is -1.00. The number of carboxylic acid groups (broad SMARTS) is 1. The number of fused-ring (bicyclic) bond motifs is 3. The summed E-state index contributed by atoms with van der Waals surface area (Å²) in [6, 6.07) is 16.8. The Bertz CT molecular complexity index is 1180. The first kappa shape index (κ1) is 24.0. The highest BCUT2D eigenvalue weighted by Crippen LogP contribution is 2.44. The van der Waals surface area contributed by atoms with Gasteiger partial charge in [0.05, 0.1) is 5.69 Å². The van der Waals surface area contributed by atoms with Crippen molar-refractivity contribution in [3.8, 4) is 11.1 Å². The standard InChI is InChI=1S/C26H28N4O5/c1-30-22(13-15-28-30)24(25(33)27-14-7-6-12-23(31)32)29-26(34)35-16-21-19-10-4-2-8-17(19)18-9-3-5-11-20(18)21/h2-5,8-11,13,15,21,24H,6-7,12,14,16H2,1H3,(H,27,33)(H,29,34)(H,31,32). The number of aromatic nitrogens is 2. The molecule has 0 radical (unpaired) electrons. The molecule has 9 nitrogen and oxygen atoms in total. The highest BCUT2D eigenvalue weighted by molar-refractivity contribution is 5.86. The van der Waals surface area contributed by atoms with Crippen molar-refractivity contribution < 1.29 is 24.2 Å². The second-order valence-corrected chi connectivity index (χ2v) is 8.42. The average Bonchev–Trinajstić information content (AvgIpc) is 3.41. The molecule has 1 heterocycles. The first-order chi connectivity index (χ1) is 17.0. The van der Waals surface area contributed by atoms with Crippen LogP contribution in [0.3, 0.4) is 0 Å². The summed E-state index contributed by atoms with van der Waals surface area (Å²) in [7, 11) is 1.68. The van der Waals surface area contributed by atoms with Gasteiger partial charge in [-0.3, -0.25) is 14.3 Å². The molecule has 3 N–H and O–H groups in total. The number of hydrogen-bond donors (Lipinski definition) is 3. The van der Waals surface area contributed by atoms with Crippen LogP contribution in [0.15, 0.2) is 60.8 Å². The van der Waals surface area contributed by atoms with Gasteiger partial charge < -0.3 is 20.5 Å². The molecule has 0 saturated heterocycles. The maximum atomic E-state index is 12.9. The van der Waals surface area contributed by atoms with Crippen LogP contribution in [0.5, 0.6) is 0 Å². The molecule has 1 unspecified atom stereocenters. The molecule has 0 bridgehead atoms. The summed E-state index contributed by atoms with van der Waals surface area (Å²) < 4.78 is 7.11. The Morgan fingerprint density at radius 3 is 2.29 bits per heavy atom. The lowest BCUT2D eigenvalue weighted by Crippen LogP contribution is -2.42. The first-order valence-electron chi connectivity index (χ1n) is 11.5. The van der Waals surface area contributed by atoms with E-state index in [9.17, 15) is 14.4 Å². The number of nitrogens with one attached hydrogen (secondary N) is 2. The highest BCUT2D eigenvalue weighted by atomic mass is 16.5. The summed E-state index contributed by atoms with van der Waals surface area (Å²) >= 11 is 0. The van der Waals surface area contributed by atoms with E-state index in [0.29, 0.717) is 25.1 Å². The van der Waals surface area contributed by atoms with Crippen LogP contribution in [0.25, 0.3) is 11.1 Å². The zero-order chi connectivity index (χ0) is 24.8. The van der Waals surface area contributed by atoms with Gasteiger partial charge in [0.25, 0.3) is 0 Å². The van der Waals surface area contributed by atoms with Crippen molar-refractivity contribution >= 4 is 18.0 Å². The van der Waals surface area contributed by atoms with Crippen LogP contribution in [0.4, 0.5) is 4.79 Å². The zero-order valence-corrected chi connectivity index (χ0v) is 19.4. The van der Waals surface area contributed by atoms with Crippen LogP contribution in [0, 0.1) is 0 Å². The average molecular weight is 477 g/mol. The Morgan fingerprint density at radius 2 is 1.69 bits per heavy atom. The molecule has 4 rings (SSSR count). The molecular formula is C26H28N4O5. The van der Waals surface area contributed by atoms with Crippen LogP contribution in [-0.4, -0.2) is 46.0 Å². The summed E-state index contributed by atoms with van der Waals surface area (Å²) in [5.41, 5.74) is 4.97. The van der Waals surface area contributed by atoms with Crippen molar-refractivity contribution in [2.45, 2.75) is 31.2 Å². The second kappa shape index (κ2) is 10.9. The molecule has 35 heavy (non-hydrogen) atoms. The number of carbonyl (C=O) groups is 3. The summed E-state index contributed by atoms with van der Waals surface area (Å²) in [6.45, 7) is 0.432. The lowest BCUT2D eigenvalue weighted by atomic mass is 9.98. The van der Waals surface area contributed by atoms with Crippen molar-refractivity contribution in [1.82, 2.24) is 20.4 Å². The van der Waals surface area contributed by atoms with Gasteiger partial charge in [0.1, 0.15) is 6.61 Å². The topological polar surface area (TPSA) is 123 Å². The third-order valence-electron chi connectivity index (χ3n) is 6.14. The number of amides is 2. The number of rotatable bonds is 10. The Hall–Kier alpha value is -4.14. The maximum absolute atomic E-state index is 12.9. The highest BCUT2D eigenvalue weighted by Gasteiger charge is 2.30. The van der Waals surface area contributed by atoms with Gasteiger partial charge in [0, 0.05) is 32.1 Å². The van der Waals surface area contributed by atoms with E-state index in [4.69, 9.17) is 9.84 Å². The van der Waals surface area contributed by atoms with Gasteiger partial charge in [-0.25, -0.2) is 4.79 Å². The summed E-state index contributed by atoms with van der Waals surface area (Å²) in [5, 5.41) is 18.3. The van der Waals surface area contributed by atoms with E-state index in [-0.39, 0.29) is 18.9 Å². The number of aryl methyl sites for hydroxylation is 1. The number of carboxylic acids is 1. The number of benzene rings is 2. The smallest absolute Gasteiger partial charge is 0.408 e. The molecule has 0 saturated carbocycles.